The summed E-state index contributed by atoms with van der Waals surface area (Å²) < 4.78 is 20.8. The Balaban J connectivity index is 1.21. The van der Waals surface area contributed by atoms with E-state index in [1.165, 1.54) is 6.07 Å². The van der Waals surface area contributed by atoms with Gasteiger partial charge in [0.25, 0.3) is 0 Å². The fourth-order valence-corrected chi connectivity index (χ4v) is 4.85. The molecular weight excluding hydrogens is 443 g/mol. The second kappa shape index (κ2) is 10.4. The lowest BCUT2D eigenvalue weighted by molar-refractivity contribution is -0.131. The molecule has 0 radical (unpaired) electrons. The number of hydrogen-bond acceptors (Lipinski definition) is 5. The van der Waals surface area contributed by atoms with Crippen LogP contribution in [0.15, 0.2) is 66.7 Å². The van der Waals surface area contributed by atoms with Gasteiger partial charge in [0.15, 0.2) is 0 Å². The van der Waals surface area contributed by atoms with Crippen LogP contribution in [0.5, 0.6) is 5.75 Å². The first-order chi connectivity index (χ1) is 17.1. The van der Waals surface area contributed by atoms with E-state index in [0.29, 0.717) is 44.7 Å². The van der Waals surface area contributed by atoms with Crippen molar-refractivity contribution in [3.8, 4) is 5.75 Å². The summed E-state index contributed by atoms with van der Waals surface area (Å²) >= 11 is 0. The normalized spacial score (nSPS) is 18.5. The quantitative estimate of drug-likeness (QED) is 0.555. The van der Waals surface area contributed by atoms with Gasteiger partial charge in [-0.3, -0.25) is 9.69 Å². The van der Waals surface area contributed by atoms with E-state index in [4.69, 9.17) is 4.74 Å². The molecule has 1 fully saturated rings. The van der Waals surface area contributed by atoms with Crippen molar-refractivity contribution in [1.29, 1.82) is 0 Å². The van der Waals surface area contributed by atoms with Gasteiger partial charge in [-0.25, -0.2) is 9.37 Å². The zero-order valence-electron chi connectivity index (χ0n) is 20.1. The second-order valence-electron chi connectivity index (χ2n) is 9.23. The van der Waals surface area contributed by atoms with Gasteiger partial charge in [-0.1, -0.05) is 42.5 Å². The summed E-state index contributed by atoms with van der Waals surface area (Å²) in [5.74, 6) is 1.63. The van der Waals surface area contributed by atoms with Gasteiger partial charge in [0.05, 0.1) is 0 Å². The van der Waals surface area contributed by atoms with Crippen LogP contribution in [-0.2, 0) is 11.3 Å². The number of anilines is 1. The molecule has 35 heavy (non-hydrogen) atoms. The largest absolute Gasteiger partial charge is 0.484 e. The number of fused-ring (bicyclic) bond motifs is 1. The number of piperazine rings is 1. The van der Waals surface area contributed by atoms with Crippen LogP contribution < -0.4 is 9.64 Å². The van der Waals surface area contributed by atoms with Gasteiger partial charge in [-0.15, -0.1) is 0 Å². The minimum absolute atomic E-state index is 0.155. The van der Waals surface area contributed by atoms with Crippen LogP contribution >= 0.6 is 0 Å². The van der Waals surface area contributed by atoms with Crippen molar-refractivity contribution < 1.29 is 13.9 Å². The maximum atomic E-state index is 14.6. The molecular formula is C28H31FN4O2. The number of carbonyl (C=O) groups is 1. The average molecular weight is 475 g/mol. The van der Waals surface area contributed by atoms with E-state index < -0.39 is 6.10 Å². The highest BCUT2D eigenvalue weighted by Crippen LogP contribution is 2.32. The molecule has 2 aromatic carbocycles. The first-order valence-electron chi connectivity index (χ1n) is 12.2. The lowest BCUT2D eigenvalue weighted by atomic mass is 10.1. The maximum absolute atomic E-state index is 14.6. The molecule has 1 saturated heterocycles. The van der Waals surface area contributed by atoms with Gasteiger partial charge in [-0.2, -0.15) is 0 Å². The Morgan fingerprint density at radius 1 is 1.00 bits per heavy atom. The number of ether oxygens (including phenoxy) is 1. The molecule has 7 heteroatoms. The molecule has 5 rings (SSSR count). The number of aromatic nitrogens is 1. The van der Waals surface area contributed by atoms with Crippen molar-refractivity contribution in [3.05, 3.63) is 89.4 Å². The molecule has 0 aliphatic carbocycles. The SMILES string of the molecule is Cc1cccc(N2CCN(C(=O)CCN3Cc4ccccc4O[C@H](c4ccccc4F)C3)CC2)n1. The molecule has 1 atom stereocenters. The molecule has 1 amide bonds. The van der Waals surface area contributed by atoms with Crippen molar-refractivity contribution in [2.24, 2.45) is 0 Å². The van der Waals surface area contributed by atoms with Gasteiger partial charge in [0.2, 0.25) is 5.91 Å². The summed E-state index contributed by atoms with van der Waals surface area (Å²) in [4.78, 5) is 24.0. The summed E-state index contributed by atoms with van der Waals surface area (Å²) in [5.41, 5.74) is 2.59. The highest BCUT2D eigenvalue weighted by molar-refractivity contribution is 5.76. The Morgan fingerprint density at radius 3 is 2.57 bits per heavy atom. The molecule has 182 valence electrons. The van der Waals surface area contributed by atoms with Crippen LogP contribution in [0.3, 0.4) is 0 Å². The molecule has 1 aromatic heterocycles. The maximum Gasteiger partial charge on any atom is 0.223 e. The Bertz CT molecular complexity index is 1180. The van der Waals surface area contributed by atoms with Crippen molar-refractivity contribution >= 4 is 11.7 Å². The summed E-state index contributed by atoms with van der Waals surface area (Å²) in [6.07, 6.45) is -0.00480. The topological polar surface area (TPSA) is 48.9 Å². The first kappa shape index (κ1) is 23.3. The zero-order chi connectivity index (χ0) is 24.2. The van der Waals surface area contributed by atoms with E-state index in [0.717, 1.165) is 35.9 Å². The van der Waals surface area contributed by atoms with Crippen molar-refractivity contribution in [1.82, 2.24) is 14.8 Å². The minimum atomic E-state index is -0.430. The van der Waals surface area contributed by atoms with Crippen LogP contribution in [0.4, 0.5) is 10.2 Å². The van der Waals surface area contributed by atoms with E-state index in [1.54, 1.807) is 12.1 Å². The van der Waals surface area contributed by atoms with Gasteiger partial charge < -0.3 is 14.5 Å². The number of aryl methyl sites for hydroxylation is 1. The third-order valence-electron chi connectivity index (χ3n) is 6.78. The van der Waals surface area contributed by atoms with Crippen molar-refractivity contribution in [3.63, 3.8) is 0 Å². The van der Waals surface area contributed by atoms with E-state index in [1.807, 2.05) is 60.4 Å². The lowest BCUT2D eigenvalue weighted by Gasteiger charge is -2.36. The third kappa shape index (κ3) is 5.46. The molecule has 0 spiro atoms. The van der Waals surface area contributed by atoms with E-state index in [-0.39, 0.29) is 11.7 Å². The molecule has 0 unspecified atom stereocenters. The molecule has 2 aliphatic rings. The fraction of sp³-hybridized carbons (Fsp3) is 0.357. The fourth-order valence-electron chi connectivity index (χ4n) is 4.85. The molecule has 3 aromatic rings. The number of rotatable bonds is 5. The molecule has 0 bridgehead atoms. The molecule has 6 nitrogen and oxygen atoms in total. The molecule has 0 saturated carbocycles. The third-order valence-corrected chi connectivity index (χ3v) is 6.78. The van der Waals surface area contributed by atoms with Crippen LogP contribution in [0.2, 0.25) is 0 Å². The van der Waals surface area contributed by atoms with E-state index in [2.05, 4.69) is 14.8 Å². The number of benzene rings is 2. The Labute approximate surface area is 205 Å². The highest BCUT2D eigenvalue weighted by atomic mass is 19.1. The lowest BCUT2D eigenvalue weighted by Crippen LogP contribution is -2.49. The average Bonchev–Trinajstić information content (AvgIpc) is 3.07. The Kier molecular flexibility index (Phi) is 6.95. The number of pyridine rings is 1. The minimum Gasteiger partial charge on any atom is -0.484 e. The number of nitrogens with zero attached hydrogens (tertiary/aromatic N) is 4. The number of carbonyl (C=O) groups excluding carboxylic acids is 1. The monoisotopic (exact) mass is 474 g/mol. The van der Waals surface area contributed by atoms with Crippen molar-refractivity contribution in [2.45, 2.75) is 26.0 Å². The van der Waals surface area contributed by atoms with Crippen LogP contribution in [0.25, 0.3) is 0 Å². The van der Waals surface area contributed by atoms with E-state index in [9.17, 15) is 9.18 Å². The van der Waals surface area contributed by atoms with Gasteiger partial charge in [-0.05, 0) is 31.2 Å². The number of halogens is 1. The summed E-state index contributed by atoms with van der Waals surface area (Å²) in [6.45, 7) is 6.73. The Hall–Kier alpha value is -3.45. The van der Waals surface area contributed by atoms with E-state index >= 15 is 0 Å². The van der Waals surface area contributed by atoms with Gasteiger partial charge in [0.1, 0.15) is 23.5 Å². The molecule has 0 N–H and O–H groups in total. The molecule has 2 aliphatic heterocycles. The number of hydrogen-bond donors (Lipinski definition) is 0. The standard InChI is InChI=1S/C28H31FN4O2/c1-21-7-6-12-27(30-21)32-15-17-33(18-16-32)28(34)13-14-31-19-22-8-2-5-11-25(22)35-26(20-31)23-9-3-4-10-24(23)29/h2-12,26H,13-20H2,1H3/t26-/m0/s1. The second-order valence-corrected chi connectivity index (χ2v) is 9.23. The van der Waals surface area contributed by atoms with Crippen LogP contribution in [0, 0.1) is 12.7 Å². The number of amides is 1. The van der Waals surface area contributed by atoms with Crippen molar-refractivity contribution in [2.75, 3.05) is 44.2 Å². The summed E-state index contributed by atoms with van der Waals surface area (Å²) in [5, 5.41) is 0. The smallest absolute Gasteiger partial charge is 0.223 e. The molecule has 3 heterocycles. The summed E-state index contributed by atoms with van der Waals surface area (Å²) in [6, 6.07) is 20.7. The van der Waals surface area contributed by atoms with Gasteiger partial charge in [0, 0.05) is 69.1 Å². The zero-order valence-corrected chi connectivity index (χ0v) is 20.1. The highest BCUT2D eigenvalue weighted by Gasteiger charge is 2.27. The predicted octanol–water partition coefficient (Wildman–Crippen LogP) is 4.20. The van der Waals surface area contributed by atoms with Gasteiger partial charge >= 0.3 is 0 Å². The van der Waals surface area contributed by atoms with Crippen LogP contribution in [0.1, 0.15) is 29.3 Å². The Morgan fingerprint density at radius 2 is 1.77 bits per heavy atom. The first-order valence-corrected chi connectivity index (χ1v) is 12.2. The number of para-hydroxylation sites is 1. The summed E-state index contributed by atoms with van der Waals surface area (Å²) in [7, 11) is 0. The predicted molar refractivity (Wildman–Crippen MR) is 134 cm³/mol. The van der Waals surface area contributed by atoms with Crippen LogP contribution in [-0.4, -0.2) is 60.0 Å².